The van der Waals surface area contributed by atoms with Crippen LogP contribution in [0.2, 0.25) is 5.15 Å². The number of rotatable bonds is 3. The molecular weight excluding hydrogens is 282 g/mol. The van der Waals surface area contributed by atoms with Gasteiger partial charge in [-0.05, 0) is 29.9 Å². The van der Waals surface area contributed by atoms with E-state index in [1.165, 1.54) is 11.1 Å². The van der Waals surface area contributed by atoms with Crippen molar-refractivity contribution in [2.45, 2.75) is 45.6 Å². The quantitative estimate of drug-likeness (QED) is 0.934. The number of hydrogen-bond donors (Lipinski definition) is 1. The molecule has 2 N–H and O–H groups in total. The van der Waals surface area contributed by atoms with E-state index in [4.69, 9.17) is 17.3 Å². The van der Waals surface area contributed by atoms with Crippen molar-refractivity contribution in [1.29, 1.82) is 0 Å². The number of hydrogen-bond acceptors (Lipinski definition) is 2. The van der Waals surface area contributed by atoms with Gasteiger partial charge < -0.3 is 5.73 Å². The molecule has 0 aliphatic rings. The summed E-state index contributed by atoms with van der Waals surface area (Å²) >= 11 is 6.32. The molecule has 114 valence electrons. The molecule has 0 amide bonds. The van der Waals surface area contributed by atoms with Crippen molar-refractivity contribution in [3.63, 3.8) is 0 Å². The number of nitrogens with zero attached hydrogens (tertiary/aromatic N) is 2. The van der Waals surface area contributed by atoms with E-state index in [0.29, 0.717) is 11.6 Å². The summed E-state index contributed by atoms with van der Waals surface area (Å²) in [4.78, 5) is 0. The third-order valence-electron chi connectivity index (χ3n) is 3.86. The summed E-state index contributed by atoms with van der Waals surface area (Å²) in [6.45, 7) is 8.60. The van der Waals surface area contributed by atoms with Gasteiger partial charge in [-0.2, -0.15) is 5.10 Å². The molecule has 0 saturated carbocycles. The molecule has 1 heterocycles. The first-order chi connectivity index (χ1) is 9.71. The summed E-state index contributed by atoms with van der Waals surface area (Å²) in [6.07, 6.45) is 0.700. The fourth-order valence-electron chi connectivity index (χ4n) is 2.74. The molecule has 1 unspecified atom stereocenters. The van der Waals surface area contributed by atoms with Gasteiger partial charge in [-0.1, -0.05) is 56.6 Å². The molecule has 1 aromatic heterocycles. The maximum atomic E-state index is 6.48. The molecule has 1 aromatic carbocycles. The number of aromatic nitrogens is 2. The third-order valence-corrected chi connectivity index (χ3v) is 4.33. The summed E-state index contributed by atoms with van der Waals surface area (Å²) < 4.78 is 1.70. The standard InChI is InChI=1S/C17H24ClN3/c1-11-13(16(18)21(5)20-11)10-15(19)12-8-6-7-9-14(12)17(2,3)4/h6-9,15H,10,19H2,1-5H3. The molecule has 0 saturated heterocycles. The minimum atomic E-state index is -0.0826. The average molecular weight is 306 g/mol. The first-order valence-electron chi connectivity index (χ1n) is 7.24. The second-order valence-electron chi connectivity index (χ2n) is 6.63. The van der Waals surface area contributed by atoms with Crippen LogP contribution < -0.4 is 5.73 Å². The number of benzene rings is 1. The van der Waals surface area contributed by atoms with Gasteiger partial charge in [0.25, 0.3) is 0 Å². The van der Waals surface area contributed by atoms with E-state index in [1.807, 2.05) is 20.0 Å². The predicted molar refractivity (Wildman–Crippen MR) is 88.7 cm³/mol. The van der Waals surface area contributed by atoms with Crippen LogP contribution in [0, 0.1) is 6.92 Å². The summed E-state index contributed by atoms with van der Waals surface area (Å²) in [6, 6.07) is 8.31. The van der Waals surface area contributed by atoms with E-state index in [2.05, 4.69) is 44.1 Å². The molecule has 0 fully saturated rings. The van der Waals surface area contributed by atoms with Crippen molar-refractivity contribution >= 4 is 11.6 Å². The molecule has 21 heavy (non-hydrogen) atoms. The van der Waals surface area contributed by atoms with Crippen LogP contribution in [-0.4, -0.2) is 9.78 Å². The van der Waals surface area contributed by atoms with Crippen molar-refractivity contribution in [2.75, 3.05) is 0 Å². The van der Waals surface area contributed by atoms with E-state index < -0.39 is 0 Å². The van der Waals surface area contributed by atoms with E-state index in [9.17, 15) is 0 Å². The van der Waals surface area contributed by atoms with Gasteiger partial charge in [-0.15, -0.1) is 0 Å². The zero-order chi connectivity index (χ0) is 15.8. The Kier molecular flexibility index (Phi) is 4.45. The van der Waals surface area contributed by atoms with Crippen LogP contribution in [0.25, 0.3) is 0 Å². The maximum absolute atomic E-state index is 6.48. The fourth-order valence-corrected chi connectivity index (χ4v) is 2.99. The van der Waals surface area contributed by atoms with Crippen molar-refractivity contribution in [3.8, 4) is 0 Å². The molecule has 0 radical (unpaired) electrons. The highest BCUT2D eigenvalue weighted by Gasteiger charge is 2.22. The van der Waals surface area contributed by atoms with E-state index in [0.717, 1.165) is 11.3 Å². The van der Waals surface area contributed by atoms with Gasteiger partial charge in [-0.25, -0.2) is 0 Å². The Morgan fingerprint density at radius 1 is 1.29 bits per heavy atom. The van der Waals surface area contributed by atoms with Crippen LogP contribution in [0.1, 0.15) is 49.2 Å². The van der Waals surface area contributed by atoms with Crippen molar-refractivity contribution in [3.05, 3.63) is 51.8 Å². The fraction of sp³-hybridized carbons (Fsp3) is 0.471. The summed E-state index contributed by atoms with van der Waals surface area (Å²) in [5.74, 6) is 0. The number of nitrogens with two attached hydrogens (primary N) is 1. The smallest absolute Gasteiger partial charge is 0.130 e. The Hall–Kier alpha value is -1.32. The van der Waals surface area contributed by atoms with Crippen LogP contribution in [0.5, 0.6) is 0 Å². The van der Waals surface area contributed by atoms with Crippen molar-refractivity contribution < 1.29 is 0 Å². The third kappa shape index (κ3) is 3.30. The van der Waals surface area contributed by atoms with Crippen molar-refractivity contribution in [1.82, 2.24) is 9.78 Å². The molecule has 2 aromatic rings. The molecule has 4 heteroatoms. The molecule has 0 spiro atoms. The monoisotopic (exact) mass is 305 g/mol. The highest BCUT2D eigenvalue weighted by Crippen LogP contribution is 2.31. The highest BCUT2D eigenvalue weighted by molar-refractivity contribution is 6.30. The summed E-state index contributed by atoms with van der Waals surface area (Å²) in [5, 5.41) is 5.03. The molecule has 0 aliphatic heterocycles. The zero-order valence-corrected chi connectivity index (χ0v) is 14.2. The molecule has 0 bridgehead atoms. The van der Waals surface area contributed by atoms with Crippen LogP contribution in [-0.2, 0) is 18.9 Å². The lowest BCUT2D eigenvalue weighted by Crippen LogP contribution is -2.21. The minimum absolute atomic E-state index is 0.0714. The Labute approximate surface area is 132 Å². The lowest BCUT2D eigenvalue weighted by molar-refractivity contribution is 0.568. The first-order valence-corrected chi connectivity index (χ1v) is 7.62. The predicted octanol–water partition coefficient (Wildman–Crippen LogP) is 3.92. The number of aryl methyl sites for hydroxylation is 2. The Bertz CT molecular complexity index is 638. The topological polar surface area (TPSA) is 43.8 Å². The minimum Gasteiger partial charge on any atom is -0.324 e. The lowest BCUT2D eigenvalue weighted by atomic mass is 9.81. The normalized spacial score (nSPS) is 13.5. The molecule has 0 aliphatic carbocycles. The van der Waals surface area contributed by atoms with E-state index in [-0.39, 0.29) is 11.5 Å². The van der Waals surface area contributed by atoms with Gasteiger partial charge in [0, 0.05) is 18.7 Å². The molecule has 1 atom stereocenters. The van der Waals surface area contributed by atoms with Crippen LogP contribution >= 0.6 is 11.6 Å². The van der Waals surface area contributed by atoms with Crippen molar-refractivity contribution in [2.24, 2.45) is 12.8 Å². The highest BCUT2D eigenvalue weighted by atomic mass is 35.5. The SMILES string of the molecule is Cc1nn(C)c(Cl)c1CC(N)c1ccccc1C(C)(C)C. The van der Waals surface area contributed by atoms with E-state index >= 15 is 0 Å². The van der Waals surface area contributed by atoms with Crippen LogP contribution in [0.4, 0.5) is 0 Å². The maximum Gasteiger partial charge on any atom is 0.130 e. The average Bonchev–Trinajstić information content (AvgIpc) is 2.64. The van der Waals surface area contributed by atoms with Gasteiger partial charge in [0.2, 0.25) is 0 Å². The van der Waals surface area contributed by atoms with Crippen LogP contribution in [0.3, 0.4) is 0 Å². The molecular formula is C17H24ClN3. The Balaban J connectivity index is 2.35. The zero-order valence-electron chi connectivity index (χ0n) is 13.4. The van der Waals surface area contributed by atoms with Gasteiger partial charge in [0.1, 0.15) is 5.15 Å². The lowest BCUT2D eigenvalue weighted by Gasteiger charge is -2.26. The Morgan fingerprint density at radius 3 is 2.43 bits per heavy atom. The molecule has 3 nitrogen and oxygen atoms in total. The molecule has 2 rings (SSSR count). The largest absolute Gasteiger partial charge is 0.324 e. The van der Waals surface area contributed by atoms with Gasteiger partial charge in [0.15, 0.2) is 0 Å². The van der Waals surface area contributed by atoms with Gasteiger partial charge in [0.05, 0.1) is 5.69 Å². The van der Waals surface area contributed by atoms with E-state index in [1.54, 1.807) is 4.68 Å². The summed E-state index contributed by atoms with van der Waals surface area (Å²) in [5.41, 5.74) is 11.0. The second kappa shape index (κ2) is 5.82. The van der Waals surface area contributed by atoms with Gasteiger partial charge in [-0.3, -0.25) is 4.68 Å². The summed E-state index contributed by atoms with van der Waals surface area (Å²) in [7, 11) is 1.85. The van der Waals surface area contributed by atoms with Gasteiger partial charge >= 0.3 is 0 Å². The first kappa shape index (κ1) is 16.1. The van der Waals surface area contributed by atoms with Crippen LogP contribution in [0.15, 0.2) is 24.3 Å². The number of halogens is 1. The second-order valence-corrected chi connectivity index (χ2v) is 6.98. The Morgan fingerprint density at radius 2 is 1.90 bits per heavy atom.